The molecule has 0 aliphatic heterocycles. The second-order valence-corrected chi connectivity index (χ2v) is 5.85. The molecule has 132 valence electrons. The van der Waals surface area contributed by atoms with Gasteiger partial charge in [0.15, 0.2) is 5.13 Å². The average molecular weight is 371 g/mol. The molecular formula is C13H11F6N3OS. The van der Waals surface area contributed by atoms with Gasteiger partial charge in [0.05, 0.1) is 10.2 Å². The maximum atomic E-state index is 13.0. The first-order valence-electron chi connectivity index (χ1n) is 6.58. The Morgan fingerprint density at radius 2 is 1.71 bits per heavy atom. The van der Waals surface area contributed by atoms with Gasteiger partial charge < -0.3 is 5.32 Å². The number of nitrogens with zero attached hydrogens (tertiary/aromatic N) is 1. The van der Waals surface area contributed by atoms with Crippen LogP contribution >= 0.6 is 11.3 Å². The maximum Gasteiger partial charge on any atom is 0.420 e. The third-order valence-corrected chi connectivity index (χ3v) is 4.29. The minimum atomic E-state index is -5.70. The highest BCUT2D eigenvalue weighted by molar-refractivity contribution is 7.22. The molecule has 0 spiro atoms. The van der Waals surface area contributed by atoms with Crippen molar-refractivity contribution >= 4 is 32.7 Å². The predicted molar refractivity (Wildman–Crippen MR) is 76.9 cm³/mol. The number of urea groups is 1. The average Bonchev–Trinajstić information content (AvgIpc) is 2.83. The SMILES string of the molecule is CCC(NC(=O)Nc1nc2ccccc2s1)(C(F)(F)F)C(F)(F)F. The summed E-state index contributed by atoms with van der Waals surface area (Å²) in [6, 6.07) is 4.95. The summed E-state index contributed by atoms with van der Waals surface area (Å²) in [6.45, 7) is 0.693. The van der Waals surface area contributed by atoms with Crippen molar-refractivity contribution in [2.24, 2.45) is 0 Å². The summed E-state index contributed by atoms with van der Waals surface area (Å²) in [5, 5.41) is 2.83. The molecule has 0 aliphatic rings. The van der Waals surface area contributed by atoms with Crippen LogP contribution in [-0.4, -0.2) is 28.9 Å². The molecule has 11 heteroatoms. The lowest BCUT2D eigenvalue weighted by atomic mass is 9.94. The molecule has 0 radical (unpaired) electrons. The fourth-order valence-corrected chi connectivity index (χ4v) is 2.90. The largest absolute Gasteiger partial charge is 0.420 e. The van der Waals surface area contributed by atoms with Crippen molar-refractivity contribution in [2.45, 2.75) is 31.2 Å². The summed E-state index contributed by atoms with van der Waals surface area (Å²) >= 11 is 0.929. The van der Waals surface area contributed by atoms with Crippen LogP contribution in [0.4, 0.5) is 36.3 Å². The van der Waals surface area contributed by atoms with Crippen LogP contribution in [0.15, 0.2) is 24.3 Å². The Hall–Kier alpha value is -2.04. The highest BCUT2D eigenvalue weighted by Gasteiger charge is 2.70. The van der Waals surface area contributed by atoms with Gasteiger partial charge in [0.1, 0.15) is 0 Å². The number of hydrogen-bond acceptors (Lipinski definition) is 3. The first-order valence-corrected chi connectivity index (χ1v) is 7.40. The van der Waals surface area contributed by atoms with E-state index < -0.39 is 30.3 Å². The van der Waals surface area contributed by atoms with E-state index in [4.69, 9.17) is 0 Å². The first-order chi connectivity index (χ1) is 11.0. The quantitative estimate of drug-likeness (QED) is 0.769. The van der Waals surface area contributed by atoms with Gasteiger partial charge in [0.2, 0.25) is 5.54 Å². The predicted octanol–water partition coefficient (Wildman–Crippen LogP) is 4.69. The van der Waals surface area contributed by atoms with Crippen LogP contribution in [0.25, 0.3) is 10.2 Å². The van der Waals surface area contributed by atoms with Gasteiger partial charge in [-0.3, -0.25) is 5.32 Å². The number of fused-ring (bicyclic) bond motifs is 1. The van der Waals surface area contributed by atoms with E-state index in [9.17, 15) is 31.1 Å². The van der Waals surface area contributed by atoms with Crippen LogP contribution in [-0.2, 0) is 0 Å². The smallest absolute Gasteiger partial charge is 0.316 e. The summed E-state index contributed by atoms with van der Waals surface area (Å²) in [5.74, 6) is 0. The third-order valence-electron chi connectivity index (χ3n) is 3.34. The Morgan fingerprint density at radius 3 is 2.21 bits per heavy atom. The van der Waals surface area contributed by atoms with E-state index in [2.05, 4.69) is 4.98 Å². The summed E-state index contributed by atoms with van der Waals surface area (Å²) in [4.78, 5) is 15.6. The van der Waals surface area contributed by atoms with E-state index in [0.29, 0.717) is 17.1 Å². The number of anilines is 1. The van der Waals surface area contributed by atoms with E-state index >= 15 is 0 Å². The minimum Gasteiger partial charge on any atom is -0.316 e. The number of benzene rings is 1. The van der Waals surface area contributed by atoms with Gasteiger partial charge in [-0.15, -0.1) is 0 Å². The number of nitrogens with one attached hydrogen (secondary N) is 2. The van der Waals surface area contributed by atoms with Crippen LogP contribution in [0, 0.1) is 0 Å². The van der Waals surface area contributed by atoms with Gasteiger partial charge in [0.25, 0.3) is 0 Å². The normalized spacial score (nSPS) is 13.1. The fourth-order valence-electron chi connectivity index (χ4n) is 2.04. The van der Waals surface area contributed by atoms with Crippen molar-refractivity contribution in [3.8, 4) is 0 Å². The molecule has 1 aromatic heterocycles. The number of carbonyl (C=O) groups is 1. The molecule has 24 heavy (non-hydrogen) atoms. The second kappa shape index (κ2) is 6.11. The topological polar surface area (TPSA) is 54.0 Å². The van der Waals surface area contributed by atoms with Gasteiger partial charge in [-0.25, -0.2) is 9.78 Å². The van der Waals surface area contributed by atoms with Gasteiger partial charge >= 0.3 is 18.4 Å². The zero-order valence-corrected chi connectivity index (χ0v) is 12.9. The molecule has 4 nitrogen and oxygen atoms in total. The van der Waals surface area contributed by atoms with E-state index in [1.807, 2.05) is 5.32 Å². The van der Waals surface area contributed by atoms with Crippen molar-refractivity contribution in [1.82, 2.24) is 10.3 Å². The number of thiazole rings is 1. The molecule has 2 rings (SSSR count). The Kier molecular flexibility index (Phi) is 4.66. The van der Waals surface area contributed by atoms with Crippen molar-refractivity contribution in [3.63, 3.8) is 0 Å². The molecule has 2 amide bonds. The number of halogens is 6. The lowest BCUT2D eigenvalue weighted by Gasteiger charge is -2.36. The Morgan fingerprint density at radius 1 is 1.12 bits per heavy atom. The number of alkyl halides is 6. The second-order valence-electron chi connectivity index (χ2n) is 4.82. The minimum absolute atomic E-state index is 0.108. The van der Waals surface area contributed by atoms with Crippen molar-refractivity contribution < 1.29 is 31.1 Å². The van der Waals surface area contributed by atoms with Crippen molar-refractivity contribution in [1.29, 1.82) is 0 Å². The number of amides is 2. The Balaban J connectivity index is 2.24. The molecular weight excluding hydrogens is 360 g/mol. The van der Waals surface area contributed by atoms with Crippen LogP contribution in [0.1, 0.15) is 13.3 Å². The molecule has 0 aliphatic carbocycles. The monoisotopic (exact) mass is 371 g/mol. The fraction of sp³-hybridized carbons (Fsp3) is 0.385. The zero-order chi connectivity index (χ0) is 18.2. The van der Waals surface area contributed by atoms with Crippen LogP contribution in [0.2, 0.25) is 0 Å². The third kappa shape index (κ3) is 3.25. The van der Waals surface area contributed by atoms with E-state index in [0.717, 1.165) is 16.7 Å². The molecule has 0 unspecified atom stereocenters. The van der Waals surface area contributed by atoms with Crippen LogP contribution < -0.4 is 10.6 Å². The van der Waals surface area contributed by atoms with Gasteiger partial charge in [-0.2, -0.15) is 26.3 Å². The maximum absolute atomic E-state index is 13.0. The molecule has 0 fully saturated rings. The van der Waals surface area contributed by atoms with E-state index in [-0.39, 0.29) is 5.13 Å². The highest BCUT2D eigenvalue weighted by atomic mass is 32.1. The van der Waals surface area contributed by atoms with Gasteiger partial charge in [0, 0.05) is 0 Å². The molecule has 2 N–H and O–H groups in total. The molecule has 0 saturated heterocycles. The number of para-hydroxylation sites is 1. The molecule has 1 aromatic carbocycles. The lowest BCUT2D eigenvalue weighted by molar-refractivity contribution is -0.304. The highest BCUT2D eigenvalue weighted by Crippen LogP contribution is 2.45. The molecule has 0 saturated carbocycles. The number of carbonyl (C=O) groups excluding carboxylic acids is 1. The molecule has 0 bridgehead atoms. The standard InChI is InChI=1S/C13H11F6N3OS/c1-2-11(12(14,15)16,13(17,18)19)22-9(23)21-10-20-7-5-3-4-6-8(7)24-10/h3-6H,2H2,1H3,(H2,20,21,22,23). The van der Waals surface area contributed by atoms with Crippen LogP contribution in [0.5, 0.6) is 0 Å². The van der Waals surface area contributed by atoms with Crippen molar-refractivity contribution in [3.05, 3.63) is 24.3 Å². The van der Waals surface area contributed by atoms with Crippen LogP contribution in [0.3, 0.4) is 0 Å². The summed E-state index contributed by atoms with van der Waals surface area (Å²) < 4.78 is 78.4. The lowest BCUT2D eigenvalue weighted by Crippen LogP contribution is -2.67. The molecule has 2 aromatic rings. The number of hydrogen-bond donors (Lipinski definition) is 2. The van der Waals surface area contributed by atoms with E-state index in [1.54, 1.807) is 24.3 Å². The molecule has 0 atom stereocenters. The van der Waals surface area contributed by atoms with E-state index in [1.165, 1.54) is 0 Å². The van der Waals surface area contributed by atoms with Gasteiger partial charge in [-0.05, 0) is 18.6 Å². The summed E-state index contributed by atoms with van der Waals surface area (Å²) in [6.07, 6.45) is -12.8. The summed E-state index contributed by atoms with van der Waals surface area (Å²) in [5.41, 5.74) is -3.87. The zero-order valence-electron chi connectivity index (χ0n) is 12.0. The van der Waals surface area contributed by atoms with Gasteiger partial charge in [-0.1, -0.05) is 30.4 Å². The summed E-state index contributed by atoms with van der Waals surface area (Å²) in [7, 11) is 0. The molecule has 1 heterocycles. The number of aromatic nitrogens is 1. The Labute approximate surface area is 135 Å². The number of rotatable bonds is 3. The Bertz CT molecular complexity index is 692. The van der Waals surface area contributed by atoms with Crippen molar-refractivity contribution in [2.75, 3.05) is 5.32 Å². The first kappa shape index (κ1) is 18.3.